The second-order valence-corrected chi connectivity index (χ2v) is 10.1. The van der Waals surface area contributed by atoms with E-state index in [1.54, 1.807) is 0 Å². The predicted molar refractivity (Wildman–Crippen MR) is 115 cm³/mol. The largest absolute Gasteiger partial charge is 0.507 e. The van der Waals surface area contributed by atoms with Crippen LogP contribution in [0, 0.1) is 27.7 Å². The normalized spacial score (nSPS) is 12.5. The van der Waals surface area contributed by atoms with Crippen LogP contribution in [0.5, 0.6) is 11.5 Å². The minimum Gasteiger partial charge on any atom is -0.507 e. The second kappa shape index (κ2) is 6.89. The minimum atomic E-state index is -0.142. The van der Waals surface area contributed by atoms with E-state index in [9.17, 15) is 10.2 Å². The molecule has 2 aromatic carbocycles. The molecule has 0 radical (unpaired) electrons. The van der Waals surface area contributed by atoms with E-state index in [1.165, 1.54) is 11.1 Å². The van der Waals surface area contributed by atoms with E-state index in [0.717, 1.165) is 33.4 Å². The van der Waals surface area contributed by atoms with Crippen molar-refractivity contribution in [2.75, 3.05) is 0 Å². The smallest absolute Gasteiger partial charge is 0.123 e. The van der Waals surface area contributed by atoms with Gasteiger partial charge in [0.1, 0.15) is 11.5 Å². The van der Waals surface area contributed by atoms with Gasteiger partial charge >= 0.3 is 0 Å². The third-order valence-electron chi connectivity index (χ3n) is 5.68. The van der Waals surface area contributed by atoms with Gasteiger partial charge in [0.05, 0.1) is 0 Å². The molecule has 2 aromatic rings. The summed E-state index contributed by atoms with van der Waals surface area (Å²) >= 11 is 0. The van der Waals surface area contributed by atoms with E-state index in [2.05, 4.69) is 81.4 Å². The van der Waals surface area contributed by atoms with Crippen molar-refractivity contribution >= 4 is 0 Å². The van der Waals surface area contributed by atoms with Gasteiger partial charge in [-0.3, -0.25) is 0 Å². The lowest BCUT2D eigenvalue weighted by molar-refractivity contribution is 0.433. The van der Waals surface area contributed by atoms with Gasteiger partial charge in [0.25, 0.3) is 0 Å². The lowest BCUT2D eigenvalue weighted by Crippen LogP contribution is -2.16. The van der Waals surface area contributed by atoms with Crippen LogP contribution in [0.2, 0.25) is 0 Å². The predicted octanol–water partition coefficient (Wildman–Crippen LogP) is 6.52. The lowest BCUT2D eigenvalue weighted by Gasteiger charge is -2.28. The molecule has 2 nitrogen and oxygen atoms in total. The molecule has 148 valence electrons. The van der Waals surface area contributed by atoms with Crippen molar-refractivity contribution in [3.05, 3.63) is 56.6 Å². The van der Waals surface area contributed by atoms with E-state index in [1.807, 2.05) is 0 Å². The van der Waals surface area contributed by atoms with Crippen molar-refractivity contribution in [3.8, 4) is 11.5 Å². The van der Waals surface area contributed by atoms with Crippen molar-refractivity contribution in [1.82, 2.24) is 0 Å². The Hall–Kier alpha value is -1.96. The average Bonchev–Trinajstić information content (AvgIpc) is 2.47. The van der Waals surface area contributed by atoms with Crippen molar-refractivity contribution in [2.45, 2.75) is 86.5 Å². The number of aryl methyl sites for hydroxylation is 2. The first kappa shape index (κ1) is 21.3. The Bertz CT molecular complexity index is 802. The summed E-state index contributed by atoms with van der Waals surface area (Å²) in [6.45, 7) is 21.1. The maximum Gasteiger partial charge on any atom is 0.123 e. The highest BCUT2D eigenvalue weighted by Crippen LogP contribution is 2.42. The SMILES string of the molecule is Cc1cc(Cc2cc(C)c(C)c(C(C)(C)C)c2O)c(O)c(C(C)(C)C)c1C. The number of hydrogen-bond acceptors (Lipinski definition) is 2. The van der Waals surface area contributed by atoms with Crippen LogP contribution < -0.4 is 0 Å². The zero-order valence-corrected chi connectivity index (χ0v) is 18.8. The van der Waals surface area contributed by atoms with Gasteiger partial charge < -0.3 is 10.2 Å². The third-order valence-corrected chi connectivity index (χ3v) is 5.68. The summed E-state index contributed by atoms with van der Waals surface area (Å²) < 4.78 is 0. The second-order valence-electron chi connectivity index (χ2n) is 10.1. The van der Waals surface area contributed by atoms with E-state index in [4.69, 9.17) is 0 Å². The summed E-state index contributed by atoms with van der Waals surface area (Å²) in [5.41, 5.74) is 8.09. The highest BCUT2D eigenvalue weighted by molar-refractivity contribution is 5.57. The molecule has 0 bridgehead atoms. The van der Waals surface area contributed by atoms with Crippen LogP contribution in [0.15, 0.2) is 12.1 Å². The van der Waals surface area contributed by atoms with Gasteiger partial charge in [-0.15, -0.1) is 0 Å². The fourth-order valence-electron chi connectivity index (χ4n) is 4.26. The highest BCUT2D eigenvalue weighted by Gasteiger charge is 2.27. The topological polar surface area (TPSA) is 40.5 Å². The first-order valence-electron chi connectivity index (χ1n) is 9.81. The molecule has 0 atom stereocenters. The molecule has 0 heterocycles. The summed E-state index contributed by atoms with van der Waals surface area (Å²) in [4.78, 5) is 0. The van der Waals surface area contributed by atoms with Crippen molar-refractivity contribution < 1.29 is 10.2 Å². The molecule has 0 aliphatic heterocycles. The molecule has 0 amide bonds. The van der Waals surface area contributed by atoms with Gasteiger partial charge in [-0.2, -0.15) is 0 Å². The minimum absolute atomic E-state index is 0.142. The first-order chi connectivity index (χ1) is 12.2. The molecule has 27 heavy (non-hydrogen) atoms. The summed E-state index contributed by atoms with van der Waals surface area (Å²) in [5, 5.41) is 22.1. The standard InChI is InChI=1S/C25H36O2/c1-14-11-18(22(26)20(16(14)3)24(5,6)7)13-19-12-15(2)17(4)21(23(19)27)25(8,9)10/h11-12,26-27H,13H2,1-10H3. The maximum absolute atomic E-state index is 11.1. The Morgan fingerprint density at radius 3 is 1.19 bits per heavy atom. The number of hydrogen-bond donors (Lipinski definition) is 2. The summed E-state index contributed by atoms with van der Waals surface area (Å²) in [6.07, 6.45) is 0.520. The molecule has 0 saturated heterocycles. The fourth-order valence-corrected chi connectivity index (χ4v) is 4.26. The number of aromatic hydroxyl groups is 2. The summed E-state index contributed by atoms with van der Waals surface area (Å²) in [5.74, 6) is 0.723. The number of rotatable bonds is 2. The monoisotopic (exact) mass is 368 g/mol. The van der Waals surface area contributed by atoms with Crippen LogP contribution in [-0.2, 0) is 17.3 Å². The van der Waals surface area contributed by atoms with Crippen LogP contribution in [0.3, 0.4) is 0 Å². The van der Waals surface area contributed by atoms with Gasteiger partial charge in [0.2, 0.25) is 0 Å². The Kier molecular flexibility index (Phi) is 5.45. The first-order valence-corrected chi connectivity index (χ1v) is 9.81. The third kappa shape index (κ3) is 4.00. The van der Waals surface area contributed by atoms with E-state index in [0.29, 0.717) is 17.9 Å². The molecule has 0 unspecified atom stereocenters. The van der Waals surface area contributed by atoms with Gasteiger partial charge in [-0.05, 0) is 71.9 Å². The molecule has 2 rings (SSSR count). The molecule has 0 fully saturated rings. The van der Waals surface area contributed by atoms with Gasteiger partial charge in [-0.25, -0.2) is 0 Å². The maximum atomic E-state index is 11.1. The number of phenolic OH excluding ortho intramolecular Hbond substituents is 2. The quantitative estimate of drug-likeness (QED) is 0.633. The van der Waals surface area contributed by atoms with E-state index in [-0.39, 0.29) is 10.8 Å². The summed E-state index contributed by atoms with van der Waals surface area (Å²) in [7, 11) is 0. The van der Waals surface area contributed by atoms with Crippen molar-refractivity contribution in [3.63, 3.8) is 0 Å². The van der Waals surface area contributed by atoms with Crippen LogP contribution in [0.1, 0.15) is 86.1 Å². The lowest BCUT2D eigenvalue weighted by atomic mass is 9.78. The van der Waals surface area contributed by atoms with Gasteiger partial charge in [0.15, 0.2) is 0 Å². The van der Waals surface area contributed by atoms with Crippen molar-refractivity contribution in [1.29, 1.82) is 0 Å². The Morgan fingerprint density at radius 2 is 0.926 bits per heavy atom. The molecule has 0 spiro atoms. The van der Waals surface area contributed by atoms with Crippen molar-refractivity contribution in [2.24, 2.45) is 0 Å². The van der Waals surface area contributed by atoms with Crippen LogP contribution in [0.25, 0.3) is 0 Å². The van der Waals surface area contributed by atoms with E-state index >= 15 is 0 Å². The van der Waals surface area contributed by atoms with Crippen LogP contribution in [0.4, 0.5) is 0 Å². The molecular weight excluding hydrogens is 332 g/mol. The number of benzene rings is 2. The molecule has 0 aliphatic rings. The molecule has 0 saturated carbocycles. The molecule has 2 heteroatoms. The Morgan fingerprint density at radius 1 is 0.630 bits per heavy atom. The molecule has 0 aliphatic carbocycles. The number of phenols is 2. The van der Waals surface area contributed by atoms with E-state index < -0.39 is 0 Å². The van der Waals surface area contributed by atoms with Gasteiger partial charge in [0, 0.05) is 17.5 Å². The zero-order valence-electron chi connectivity index (χ0n) is 18.8. The summed E-state index contributed by atoms with van der Waals surface area (Å²) in [6, 6.07) is 4.12. The Balaban J connectivity index is 2.69. The van der Waals surface area contributed by atoms with Crippen LogP contribution >= 0.6 is 0 Å². The van der Waals surface area contributed by atoms with Gasteiger partial charge in [-0.1, -0.05) is 53.7 Å². The van der Waals surface area contributed by atoms with Crippen LogP contribution in [-0.4, -0.2) is 10.2 Å². The average molecular weight is 369 g/mol. The zero-order chi connectivity index (χ0) is 20.9. The molecule has 2 N–H and O–H groups in total. The highest BCUT2D eigenvalue weighted by atomic mass is 16.3. The molecular formula is C25H36O2. The fraction of sp³-hybridized carbons (Fsp3) is 0.520. The molecule has 0 aromatic heterocycles. The Labute approximate surface area is 165 Å².